The van der Waals surface area contributed by atoms with E-state index in [0.717, 1.165) is 0 Å². The van der Waals surface area contributed by atoms with Crippen LogP contribution in [0.3, 0.4) is 0 Å². The van der Waals surface area contributed by atoms with Gasteiger partial charge in [0.1, 0.15) is 5.75 Å². The molecule has 1 aromatic rings. The van der Waals surface area contributed by atoms with Gasteiger partial charge in [-0.1, -0.05) is 0 Å². The Labute approximate surface area is 103 Å². The fourth-order valence-electron chi connectivity index (χ4n) is 0.637. The van der Waals surface area contributed by atoms with Crippen molar-refractivity contribution >= 4 is 64.0 Å². The molecule has 0 aliphatic rings. The van der Waals surface area contributed by atoms with Crippen LogP contribution in [0.15, 0.2) is 19.5 Å². The number of phenols is 1. The van der Waals surface area contributed by atoms with E-state index in [9.17, 15) is 5.11 Å². The average molecular weight is 426 g/mol. The van der Waals surface area contributed by atoms with Crippen molar-refractivity contribution in [2.75, 3.05) is 0 Å². The Hall–Kier alpha value is 0.740. The molecule has 1 aromatic carbocycles. The zero-order valence-corrected chi connectivity index (χ0v) is 11.8. The summed E-state index contributed by atoms with van der Waals surface area (Å²) in [6, 6.07) is 1.53. The van der Waals surface area contributed by atoms with Gasteiger partial charge in [0.05, 0.1) is 13.4 Å². The van der Waals surface area contributed by atoms with E-state index in [0.29, 0.717) is 19.2 Å². The van der Waals surface area contributed by atoms with Gasteiger partial charge in [0.25, 0.3) is 0 Å². The molecule has 1 N–H and O–H groups in total. The number of rotatable bonds is 1. The summed E-state index contributed by atoms with van der Waals surface area (Å²) >= 11 is 12.5. The van der Waals surface area contributed by atoms with Crippen LogP contribution in [0.5, 0.6) is 11.5 Å². The van der Waals surface area contributed by atoms with E-state index in [1.807, 2.05) is 0 Å². The maximum Gasteiger partial charge on any atom is 0.179 e. The van der Waals surface area contributed by atoms with Crippen LogP contribution < -0.4 is 3.83 Å². The number of aromatic hydroxyl groups is 1. The van der Waals surface area contributed by atoms with Crippen LogP contribution >= 0.6 is 64.0 Å². The Bertz CT molecular complexity index is 313. The minimum absolute atomic E-state index is 0.141. The summed E-state index contributed by atoms with van der Waals surface area (Å²) in [7, 11) is 0. The minimum Gasteiger partial charge on any atom is -0.507 e. The molecule has 6 heteroatoms. The molecule has 0 amide bonds. The highest BCUT2D eigenvalue weighted by Gasteiger charge is 2.13. The van der Waals surface area contributed by atoms with Crippen molar-refractivity contribution in [2.45, 2.75) is 0 Å². The second kappa shape index (κ2) is 4.30. The van der Waals surface area contributed by atoms with Gasteiger partial charge in [0.15, 0.2) is 22.0 Å². The van der Waals surface area contributed by atoms with E-state index >= 15 is 0 Å². The molecule has 66 valence electrons. The third-order valence-corrected chi connectivity index (χ3v) is 4.18. The van der Waals surface area contributed by atoms with E-state index in [4.69, 9.17) is 3.83 Å². The summed E-state index contributed by atoms with van der Waals surface area (Å²) in [6.45, 7) is 0. The van der Waals surface area contributed by atoms with Crippen LogP contribution in [0, 0.1) is 0 Å². The molecule has 0 aliphatic carbocycles. The maximum absolute atomic E-state index is 9.32. The molecule has 0 saturated carbocycles. The Kier molecular flexibility index (Phi) is 3.88. The largest absolute Gasteiger partial charge is 0.507 e. The van der Waals surface area contributed by atoms with Gasteiger partial charge in [0, 0.05) is 0 Å². The van der Waals surface area contributed by atoms with Crippen molar-refractivity contribution in [1.29, 1.82) is 0 Å². The van der Waals surface area contributed by atoms with Crippen molar-refractivity contribution in [1.82, 2.24) is 0 Å². The van der Waals surface area contributed by atoms with E-state index in [-0.39, 0.29) is 5.75 Å². The number of halogens is 4. The van der Waals surface area contributed by atoms with Gasteiger partial charge in [-0.15, -0.1) is 0 Å². The van der Waals surface area contributed by atoms with Crippen LogP contribution in [0.4, 0.5) is 0 Å². The van der Waals surface area contributed by atoms with Crippen molar-refractivity contribution in [2.24, 2.45) is 0 Å². The van der Waals surface area contributed by atoms with E-state index in [2.05, 4.69) is 64.0 Å². The first-order valence-electron chi connectivity index (χ1n) is 2.73. The SMILES string of the molecule is Oc1cc(Br)c(OBr)c(Br)c1Br. The monoisotopic (exact) mass is 422 g/mol. The van der Waals surface area contributed by atoms with Gasteiger partial charge >= 0.3 is 0 Å². The lowest BCUT2D eigenvalue weighted by Crippen LogP contribution is -1.81. The zero-order valence-electron chi connectivity index (χ0n) is 5.44. The molecular weight excluding hydrogens is 424 g/mol. The topological polar surface area (TPSA) is 29.5 Å². The average Bonchev–Trinajstić information content (AvgIpc) is 2.01. The number of hydrogen-bond acceptors (Lipinski definition) is 2. The van der Waals surface area contributed by atoms with Crippen molar-refractivity contribution in [3.8, 4) is 11.5 Å². The molecular formula is C6H2Br4O2. The van der Waals surface area contributed by atoms with Gasteiger partial charge in [-0.05, 0) is 53.9 Å². The molecule has 2 nitrogen and oxygen atoms in total. The molecule has 0 atom stereocenters. The van der Waals surface area contributed by atoms with Crippen molar-refractivity contribution in [3.63, 3.8) is 0 Å². The van der Waals surface area contributed by atoms with Gasteiger partial charge in [0.2, 0.25) is 0 Å². The third-order valence-electron chi connectivity index (χ3n) is 1.17. The second-order valence-corrected chi connectivity index (χ2v) is 4.68. The van der Waals surface area contributed by atoms with Gasteiger partial charge < -0.3 is 8.93 Å². The lowest BCUT2D eigenvalue weighted by atomic mass is 10.3. The quantitative estimate of drug-likeness (QED) is 0.677. The molecule has 0 aromatic heterocycles. The molecule has 0 saturated heterocycles. The Morgan fingerprint density at radius 3 is 2.25 bits per heavy atom. The Morgan fingerprint density at radius 2 is 1.75 bits per heavy atom. The van der Waals surface area contributed by atoms with E-state index < -0.39 is 0 Å². The standard InChI is InChI=1S/C6H2Br4O2/c7-2-1-3(11)4(8)5(9)6(2)12-10/h1,11H. The van der Waals surface area contributed by atoms with Gasteiger partial charge in [-0.25, -0.2) is 0 Å². The number of hydrogen-bond donors (Lipinski definition) is 1. The first-order chi connectivity index (χ1) is 5.57. The maximum atomic E-state index is 9.32. The van der Waals surface area contributed by atoms with Crippen LogP contribution in [-0.4, -0.2) is 5.11 Å². The molecule has 0 unspecified atom stereocenters. The molecule has 0 radical (unpaired) electrons. The molecule has 0 spiro atoms. The highest BCUT2D eigenvalue weighted by Crippen LogP contribution is 2.44. The molecule has 12 heavy (non-hydrogen) atoms. The summed E-state index contributed by atoms with van der Waals surface area (Å²) in [4.78, 5) is 0. The van der Waals surface area contributed by atoms with E-state index in [1.165, 1.54) is 6.07 Å². The highest BCUT2D eigenvalue weighted by atomic mass is 79.9. The first-order valence-corrected chi connectivity index (χ1v) is 5.75. The normalized spacial score (nSPS) is 10.0. The lowest BCUT2D eigenvalue weighted by molar-refractivity contribution is 0.469. The summed E-state index contributed by atoms with van der Waals surface area (Å²) in [5.41, 5.74) is 0. The molecule has 0 aliphatic heterocycles. The summed E-state index contributed by atoms with van der Waals surface area (Å²) < 4.78 is 6.75. The summed E-state index contributed by atoms with van der Waals surface area (Å²) in [6.07, 6.45) is 0. The van der Waals surface area contributed by atoms with E-state index in [1.54, 1.807) is 0 Å². The predicted octanol–water partition coefficient (Wildman–Crippen LogP) is 4.37. The lowest BCUT2D eigenvalue weighted by Gasteiger charge is -2.06. The van der Waals surface area contributed by atoms with Crippen LogP contribution in [0.2, 0.25) is 0 Å². The minimum atomic E-state index is 0.141. The number of phenolic OH excluding ortho intramolecular Hbond substituents is 1. The van der Waals surface area contributed by atoms with Crippen LogP contribution in [-0.2, 0) is 0 Å². The highest BCUT2D eigenvalue weighted by molar-refractivity contribution is 9.13. The van der Waals surface area contributed by atoms with Crippen LogP contribution in [0.25, 0.3) is 0 Å². The van der Waals surface area contributed by atoms with Gasteiger partial charge in [-0.3, -0.25) is 0 Å². The number of benzene rings is 1. The van der Waals surface area contributed by atoms with Crippen molar-refractivity contribution < 1.29 is 8.93 Å². The molecule has 0 bridgehead atoms. The molecule has 1 rings (SSSR count). The molecule has 0 fully saturated rings. The smallest absolute Gasteiger partial charge is 0.179 e. The molecule has 0 heterocycles. The fraction of sp³-hybridized carbons (Fsp3) is 0. The first kappa shape index (κ1) is 10.8. The summed E-state index contributed by atoms with van der Waals surface area (Å²) in [5, 5.41) is 9.32. The second-order valence-electron chi connectivity index (χ2n) is 1.91. The fourth-order valence-corrected chi connectivity index (χ4v) is 2.96. The predicted molar refractivity (Wildman–Crippen MR) is 60.8 cm³/mol. The Morgan fingerprint density at radius 1 is 1.17 bits per heavy atom. The zero-order chi connectivity index (χ0) is 9.30. The van der Waals surface area contributed by atoms with Gasteiger partial charge in [-0.2, -0.15) is 0 Å². The summed E-state index contributed by atoms with van der Waals surface area (Å²) in [5.74, 6) is 0.710. The van der Waals surface area contributed by atoms with Crippen LogP contribution in [0.1, 0.15) is 0 Å². The Balaban J connectivity index is 3.40. The third kappa shape index (κ3) is 1.97. The van der Waals surface area contributed by atoms with Crippen molar-refractivity contribution in [3.05, 3.63) is 19.5 Å².